The SMILES string of the molecule is CC(=O)c1nnn(-c2n[nH]c3ncccc23)c1C. The molecule has 7 heteroatoms. The van der Waals surface area contributed by atoms with Crippen LogP contribution in [0.5, 0.6) is 0 Å². The number of hydrogen-bond donors (Lipinski definition) is 1. The first kappa shape index (κ1) is 10.6. The maximum Gasteiger partial charge on any atom is 0.186 e. The molecule has 0 bridgehead atoms. The zero-order valence-corrected chi connectivity index (χ0v) is 9.88. The maximum atomic E-state index is 11.4. The van der Waals surface area contributed by atoms with Crippen LogP contribution in [0.4, 0.5) is 0 Å². The standard InChI is InChI=1S/C11H10N6O/c1-6-9(7(2)18)13-16-17(6)11-8-4-3-5-12-10(8)14-15-11/h3-5H,1-2H3,(H,12,14,15). The van der Waals surface area contributed by atoms with Crippen molar-refractivity contribution in [1.29, 1.82) is 0 Å². The normalized spacial score (nSPS) is 11.0. The van der Waals surface area contributed by atoms with Gasteiger partial charge in [0, 0.05) is 13.1 Å². The van der Waals surface area contributed by atoms with E-state index in [-0.39, 0.29) is 5.78 Å². The second-order valence-electron chi connectivity index (χ2n) is 3.94. The maximum absolute atomic E-state index is 11.4. The van der Waals surface area contributed by atoms with Crippen LogP contribution in [0.15, 0.2) is 18.3 Å². The molecule has 0 atom stereocenters. The lowest BCUT2D eigenvalue weighted by Crippen LogP contribution is -2.02. The highest BCUT2D eigenvalue weighted by Gasteiger charge is 2.17. The van der Waals surface area contributed by atoms with Gasteiger partial charge in [0.05, 0.1) is 11.1 Å². The number of nitrogens with one attached hydrogen (secondary N) is 1. The van der Waals surface area contributed by atoms with Gasteiger partial charge in [0.15, 0.2) is 22.9 Å². The van der Waals surface area contributed by atoms with Crippen LogP contribution in [0.25, 0.3) is 16.9 Å². The topological polar surface area (TPSA) is 89.4 Å². The van der Waals surface area contributed by atoms with E-state index in [1.807, 2.05) is 12.1 Å². The average molecular weight is 242 g/mol. The molecule has 0 spiro atoms. The number of rotatable bonds is 2. The van der Waals surface area contributed by atoms with Crippen LogP contribution >= 0.6 is 0 Å². The minimum absolute atomic E-state index is 0.114. The Morgan fingerprint density at radius 2 is 2.28 bits per heavy atom. The molecule has 18 heavy (non-hydrogen) atoms. The van der Waals surface area contributed by atoms with Crippen molar-refractivity contribution in [1.82, 2.24) is 30.2 Å². The molecule has 7 nitrogen and oxygen atoms in total. The zero-order valence-electron chi connectivity index (χ0n) is 9.88. The second kappa shape index (κ2) is 3.73. The summed E-state index contributed by atoms with van der Waals surface area (Å²) in [6, 6.07) is 3.70. The Balaban J connectivity index is 2.24. The fourth-order valence-electron chi connectivity index (χ4n) is 1.86. The van der Waals surface area contributed by atoms with Crippen LogP contribution in [-0.4, -0.2) is 36.0 Å². The second-order valence-corrected chi connectivity index (χ2v) is 3.94. The number of fused-ring (bicyclic) bond motifs is 1. The number of Topliss-reactive ketones (excluding diaryl/α,β-unsaturated/α-hetero) is 1. The molecule has 90 valence electrons. The van der Waals surface area contributed by atoms with Gasteiger partial charge in [0.25, 0.3) is 0 Å². The molecule has 0 aliphatic heterocycles. The van der Waals surface area contributed by atoms with Crippen LogP contribution in [0.2, 0.25) is 0 Å². The first-order valence-electron chi connectivity index (χ1n) is 5.41. The first-order chi connectivity index (χ1) is 8.68. The number of hydrogen-bond acceptors (Lipinski definition) is 5. The first-order valence-corrected chi connectivity index (χ1v) is 5.41. The number of ketones is 1. The number of pyridine rings is 1. The van der Waals surface area contributed by atoms with Crippen LogP contribution < -0.4 is 0 Å². The Bertz CT molecular complexity index is 741. The van der Waals surface area contributed by atoms with Crippen LogP contribution in [0.1, 0.15) is 23.1 Å². The highest BCUT2D eigenvalue weighted by atomic mass is 16.1. The van der Waals surface area contributed by atoms with Crippen molar-refractivity contribution in [2.75, 3.05) is 0 Å². The van der Waals surface area contributed by atoms with E-state index in [0.29, 0.717) is 22.9 Å². The lowest BCUT2D eigenvalue weighted by Gasteiger charge is -1.98. The monoisotopic (exact) mass is 242 g/mol. The molecule has 1 N–H and O–H groups in total. The van der Waals surface area contributed by atoms with Gasteiger partial charge in [-0.15, -0.1) is 5.10 Å². The molecular weight excluding hydrogens is 232 g/mol. The van der Waals surface area contributed by atoms with Crippen molar-refractivity contribution in [2.24, 2.45) is 0 Å². The van der Waals surface area contributed by atoms with E-state index < -0.39 is 0 Å². The van der Waals surface area contributed by atoms with Gasteiger partial charge in [-0.1, -0.05) is 5.21 Å². The van der Waals surface area contributed by atoms with Crippen LogP contribution in [0, 0.1) is 6.92 Å². The van der Waals surface area contributed by atoms with Crippen molar-refractivity contribution in [3.8, 4) is 5.82 Å². The summed E-state index contributed by atoms with van der Waals surface area (Å²) in [4.78, 5) is 15.5. The molecule has 3 heterocycles. The van der Waals surface area contributed by atoms with Crippen molar-refractivity contribution in [3.05, 3.63) is 29.7 Å². The van der Waals surface area contributed by atoms with Gasteiger partial charge < -0.3 is 0 Å². The van der Waals surface area contributed by atoms with Gasteiger partial charge in [0.2, 0.25) is 0 Å². The summed E-state index contributed by atoms with van der Waals surface area (Å²) >= 11 is 0. The van der Waals surface area contributed by atoms with E-state index in [2.05, 4.69) is 25.5 Å². The van der Waals surface area contributed by atoms with Crippen molar-refractivity contribution in [3.63, 3.8) is 0 Å². The number of H-pyrrole nitrogens is 1. The number of nitrogens with zero attached hydrogens (tertiary/aromatic N) is 5. The molecule has 0 radical (unpaired) electrons. The summed E-state index contributed by atoms with van der Waals surface area (Å²) in [5.74, 6) is 0.479. The van der Waals surface area contributed by atoms with Crippen molar-refractivity contribution in [2.45, 2.75) is 13.8 Å². The number of carbonyl (C=O) groups is 1. The summed E-state index contributed by atoms with van der Waals surface area (Å²) in [5.41, 5.74) is 1.70. The summed E-state index contributed by atoms with van der Waals surface area (Å²) in [7, 11) is 0. The Hall–Kier alpha value is -2.57. The number of aromatic nitrogens is 6. The van der Waals surface area contributed by atoms with Gasteiger partial charge in [0.1, 0.15) is 0 Å². The molecule has 0 fully saturated rings. The summed E-state index contributed by atoms with van der Waals surface area (Å²) in [6.45, 7) is 3.25. The van der Waals surface area contributed by atoms with Crippen molar-refractivity contribution < 1.29 is 4.79 Å². The van der Waals surface area contributed by atoms with Gasteiger partial charge in [-0.05, 0) is 19.1 Å². The summed E-state index contributed by atoms with van der Waals surface area (Å²) < 4.78 is 1.54. The minimum Gasteiger partial charge on any atom is -0.293 e. The predicted molar refractivity (Wildman–Crippen MR) is 63.5 cm³/mol. The lowest BCUT2D eigenvalue weighted by atomic mass is 10.2. The molecule has 0 saturated carbocycles. The van der Waals surface area contributed by atoms with Crippen LogP contribution in [-0.2, 0) is 0 Å². The molecule has 0 aliphatic rings. The van der Waals surface area contributed by atoms with E-state index >= 15 is 0 Å². The third-order valence-electron chi connectivity index (χ3n) is 2.74. The minimum atomic E-state index is -0.114. The van der Waals surface area contributed by atoms with E-state index in [1.54, 1.807) is 13.1 Å². The summed E-state index contributed by atoms with van der Waals surface area (Å²) in [5, 5.41) is 15.6. The predicted octanol–water partition coefficient (Wildman–Crippen LogP) is 1.05. The van der Waals surface area contributed by atoms with E-state index in [0.717, 1.165) is 5.39 Å². The Morgan fingerprint density at radius 1 is 1.44 bits per heavy atom. The molecule has 0 aromatic carbocycles. The number of carbonyl (C=O) groups excluding carboxylic acids is 1. The van der Waals surface area contributed by atoms with Gasteiger partial charge in [-0.2, -0.15) is 9.78 Å². The smallest absolute Gasteiger partial charge is 0.186 e. The Kier molecular flexibility index (Phi) is 2.19. The molecule has 3 aromatic rings. The van der Waals surface area contributed by atoms with Crippen LogP contribution in [0.3, 0.4) is 0 Å². The quantitative estimate of drug-likeness (QED) is 0.678. The molecule has 3 aromatic heterocycles. The third-order valence-corrected chi connectivity index (χ3v) is 2.74. The van der Waals surface area contributed by atoms with Gasteiger partial charge >= 0.3 is 0 Å². The molecule has 0 amide bonds. The third kappa shape index (κ3) is 1.41. The average Bonchev–Trinajstić information content (AvgIpc) is 2.92. The van der Waals surface area contributed by atoms with E-state index in [9.17, 15) is 4.79 Å². The Morgan fingerprint density at radius 3 is 3.00 bits per heavy atom. The molecule has 0 aliphatic carbocycles. The molecule has 0 unspecified atom stereocenters. The largest absolute Gasteiger partial charge is 0.293 e. The lowest BCUT2D eigenvalue weighted by molar-refractivity contribution is 0.101. The fraction of sp³-hybridized carbons (Fsp3) is 0.182. The molecule has 3 rings (SSSR count). The highest BCUT2D eigenvalue weighted by molar-refractivity contribution is 5.93. The fourth-order valence-corrected chi connectivity index (χ4v) is 1.86. The highest BCUT2D eigenvalue weighted by Crippen LogP contribution is 2.18. The van der Waals surface area contributed by atoms with E-state index in [4.69, 9.17) is 0 Å². The van der Waals surface area contributed by atoms with Gasteiger partial charge in [-0.3, -0.25) is 9.89 Å². The summed E-state index contributed by atoms with van der Waals surface area (Å²) in [6.07, 6.45) is 1.68. The van der Waals surface area contributed by atoms with E-state index in [1.165, 1.54) is 11.6 Å². The number of aromatic amines is 1. The van der Waals surface area contributed by atoms with Gasteiger partial charge in [-0.25, -0.2) is 4.98 Å². The Labute approximate surface area is 102 Å². The zero-order chi connectivity index (χ0) is 12.7. The molecular formula is C11H10N6O. The van der Waals surface area contributed by atoms with Crippen molar-refractivity contribution >= 4 is 16.8 Å². The molecule has 0 saturated heterocycles.